The van der Waals surface area contributed by atoms with Crippen LogP contribution in [0.4, 0.5) is 0 Å². The monoisotopic (exact) mass is 555 g/mol. The minimum atomic E-state index is -3.87. The van der Waals surface area contributed by atoms with E-state index in [-0.39, 0.29) is 17.7 Å². The highest BCUT2D eigenvalue weighted by molar-refractivity contribution is 7.56. The zero-order valence-electron chi connectivity index (χ0n) is 24.6. The summed E-state index contributed by atoms with van der Waals surface area (Å²) in [5.41, 5.74) is -0.157. The standard InChI is InChI=1S/C27H46N3O7P/c1-19(2)21(17-18-38(33,36-34-10)37-35-11)30(9)25(32)23(26(3,4)5)29-24(31)22(28-8)27(6,7)20-15-13-12-14-16-20/h12-19,21-23,28H,1-11H3,(H,29,31)/b18-17+/t21-,22-,23-/m1/s1. The molecule has 0 unspecified atom stereocenters. The van der Waals surface area contributed by atoms with Gasteiger partial charge in [-0.1, -0.05) is 84.9 Å². The topological polar surface area (TPSA) is 115 Å². The molecule has 3 atom stereocenters. The number of amides is 2. The first-order valence-electron chi connectivity index (χ1n) is 12.6. The highest BCUT2D eigenvalue weighted by Gasteiger charge is 2.41. The first-order chi connectivity index (χ1) is 17.6. The lowest BCUT2D eigenvalue weighted by Crippen LogP contribution is -2.61. The van der Waals surface area contributed by atoms with Crippen molar-refractivity contribution in [2.75, 3.05) is 28.3 Å². The van der Waals surface area contributed by atoms with Gasteiger partial charge in [-0.15, -0.1) is 9.35 Å². The van der Waals surface area contributed by atoms with Crippen molar-refractivity contribution < 1.29 is 33.3 Å². The van der Waals surface area contributed by atoms with Crippen LogP contribution < -0.4 is 10.6 Å². The van der Waals surface area contributed by atoms with Gasteiger partial charge in [0.15, 0.2) is 0 Å². The van der Waals surface area contributed by atoms with Crippen molar-refractivity contribution >= 4 is 19.4 Å². The molecule has 0 aliphatic heterocycles. The fraction of sp³-hybridized carbons (Fsp3) is 0.630. The Morgan fingerprint density at radius 2 is 1.50 bits per heavy atom. The molecule has 0 spiro atoms. The van der Waals surface area contributed by atoms with Crippen molar-refractivity contribution in [2.45, 2.75) is 72.0 Å². The van der Waals surface area contributed by atoms with Gasteiger partial charge in [-0.2, -0.15) is 0 Å². The zero-order valence-corrected chi connectivity index (χ0v) is 25.5. The average molecular weight is 556 g/mol. The van der Waals surface area contributed by atoms with E-state index in [2.05, 4.69) is 20.4 Å². The van der Waals surface area contributed by atoms with E-state index in [9.17, 15) is 14.2 Å². The summed E-state index contributed by atoms with van der Waals surface area (Å²) in [5, 5.41) is 6.15. The molecule has 0 bridgehead atoms. The molecule has 38 heavy (non-hydrogen) atoms. The second-order valence-electron chi connectivity index (χ2n) is 11.2. The predicted molar refractivity (Wildman–Crippen MR) is 148 cm³/mol. The summed E-state index contributed by atoms with van der Waals surface area (Å²) in [6.45, 7) is 13.5. The number of rotatable bonds is 14. The van der Waals surface area contributed by atoms with Crippen molar-refractivity contribution in [3.8, 4) is 0 Å². The van der Waals surface area contributed by atoms with Gasteiger partial charge in [0, 0.05) is 18.3 Å². The molecule has 2 amide bonds. The summed E-state index contributed by atoms with van der Waals surface area (Å²) < 4.78 is 22.3. The van der Waals surface area contributed by atoms with Gasteiger partial charge in [0.1, 0.15) is 6.04 Å². The summed E-state index contributed by atoms with van der Waals surface area (Å²) in [4.78, 5) is 38.1. The number of nitrogens with zero attached hydrogens (tertiary/aromatic N) is 1. The minimum absolute atomic E-state index is 0.0721. The van der Waals surface area contributed by atoms with Gasteiger partial charge in [-0.3, -0.25) is 14.2 Å². The van der Waals surface area contributed by atoms with E-state index in [0.29, 0.717) is 0 Å². The van der Waals surface area contributed by atoms with Crippen LogP contribution in [0.2, 0.25) is 0 Å². The third kappa shape index (κ3) is 9.00. The summed E-state index contributed by atoms with van der Waals surface area (Å²) >= 11 is 0. The van der Waals surface area contributed by atoms with E-state index in [1.165, 1.54) is 24.9 Å². The Morgan fingerprint density at radius 3 is 1.92 bits per heavy atom. The lowest BCUT2D eigenvalue weighted by molar-refractivity contribution is -0.239. The maximum Gasteiger partial charge on any atom is 0.407 e. The number of likely N-dealkylation sites (N-methyl/N-ethyl adjacent to an activating group) is 2. The van der Waals surface area contributed by atoms with E-state index in [1.54, 1.807) is 20.2 Å². The van der Waals surface area contributed by atoms with Crippen molar-refractivity contribution in [1.29, 1.82) is 0 Å². The van der Waals surface area contributed by atoms with E-state index < -0.39 is 36.6 Å². The molecule has 1 rings (SSSR count). The molecule has 0 fully saturated rings. The Bertz CT molecular complexity index is 967. The largest absolute Gasteiger partial charge is 0.407 e. The molecule has 0 aromatic heterocycles. The van der Waals surface area contributed by atoms with Crippen LogP contribution in [-0.2, 0) is 38.7 Å². The molecule has 1 aromatic carbocycles. The summed E-state index contributed by atoms with van der Waals surface area (Å²) in [5.74, 6) is 0.540. The molecular weight excluding hydrogens is 509 g/mol. The van der Waals surface area contributed by atoms with Gasteiger partial charge in [0.05, 0.1) is 26.3 Å². The first-order valence-corrected chi connectivity index (χ1v) is 14.2. The number of carbonyl (C=O) groups excluding carboxylic acids is 2. The van der Waals surface area contributed by atoms with Crippen LogP contribution in [0.15, 0.2) is 42.2 Å². The van der Waals surface area contributed by atoms with Crippen LogP contribution in [0.5, 0.6) is 0 Å². The van der Waals surface area contributed by atoms with Gasteiger partial charge in [-0.25, -0.2) is 9.78 Å². The van der Waals surface area contributed by atoms with Crippen molar-refractivity contribution in [3.63, 3.8) is 0 Å². The van der Waals surface area contributed by atoms with Crippen molar-refractivity contribution in [3.05, 3.63) is 47.8 Å². The van der Waals surface area contributed by atoms with Crippen LogP contribution in [0.25, 0.3) is 0 Å². The van der Waals surface area contributed by atoms with Gasteiger partial charge >= 0.3 is 7.60 Å². The SMILES string of the molecule is CN[C@H](C(=O)N[C@H](C(=O)N(C)[C@H](/C=C/P(=O)(OOC)OOC)C(C)C)C(C)(C)C)C(C)(C)c1ccccc1. The second-order valence-corrected chi connectivity index (χ2v) is 12.8. The lowest BCUT2D eigenvalue weighted by atomic mass is 9.76. The van der Waals surface area contributed by atoms with Crippen LogP contribution in [0.3, 0.4) is 0 Å². The molecule has 0 saturated carbocycles. The number of hydrogen-bond acceptors (Lipinski definition) is 8. The third-order valence-corrected chi connectivity index (χ3v) is 7.74. The smallest absolute Gasteiger partial charge is 0.342 e. The quantitative estimate of drug-likeness (QED) is 0.197. The van der Waals surface area contributed by atoms with Crippen LogP contribution in [0.1, 0.15) is 54.0 Å². The Morgan fingerprint density at radius 1 is 0.974 bits per heavy atom. The molecule has 0 saturated heterocycles. The summed E-state index contributed by atoms with van der Waals surface area (Å²) in [6.07, 6.45) is 1.55. The van der Waals surface area contributed by atoms with E-state index in [4.69, 9.17) is 9.35 Å². The van der Waals surface area contributed by atoms with Crippen molar-refractivity contribution in [2.24, 2.45) is 11.3 Å². The van der Waals surface area contributed by atoms with E-state index in [1.807, 2.05) is 78.8 Å². The molecule has 0 heterocycles. The highest BCUT2D eigenvalue weighted by Crippen LogP contribution is 2.50. The Balaban J connectivity index is 3.29. The molecule has 0 radical (unpaired) electrons. The number of hydrogen-bond donors (Lipinski definition) is 2. The summed E-state index contributed by atoms with van der Waals surface area (Å²) in [7, 11) is 1.90. The van der Waals surface area contributed by atoms with Gasteiger partial charge < -0.3 is 15.5 Å². The Hall–Kier alpha value is -2.07. The van der Waals surface area contributed by atoms with Crippen LogP contribution in [-0.4, -0.2) is 63.2 Å². The van der Waals surface area contributed by atoms with E-state index in [0.717, 1.165) is 5.56 Å². The van der Waals surface area contributed by atoms with Crippen LogP contribution >= 0.6 is 7.60 Å². The Labute approximate surface area is 227 Å². The van der Waals surface area contributed by atoms with E-state index >= 15 is 0 Å². The van der Waals surface area contributed by atoms with Gasteiger partial charge in [0.2, 0.25) is 11.8 Å². The van der Waals surface area contributed by atoms with Gasteiger partial charge in [-0.05, 0) is 23.9 Å². The Kier molecular flexibility index (Phi) is 12.8. The molecule has 11 heteroatoms. The predicted octanol–water partition coefficient (Wildman–Crippen LogP) is 4.43. The second kappa shape index (κ2) is 14.4. The average Bonchev–Trinajstić information content (AvgIpc) is 2.82. The number of carbonyl (C=O) groups is 2. The molecular formula is C27H46N3O7P. The normalized spacial score (nSPS) is 15.4. The molecule has 0 aliphatic carbocycles. The molecule has 0 aliphatic rings. The van der Waals surface area contributed by atoms with Crippen LogP contribution in [0, 0.1) is 11.3 Å². The molecule has 1 aromatic rings. The first kappa shape index (κ1) is 34.0. The molecule has 216 valence electrons. The fourth-order valence-electron chi connectivity index (χ4n) is 4.34. The maximum atomic E-state index is 13.9. The third-order valence-electron chi connectivity index (χ3n) is 6.49. The molecule has 10 nitrogen and oxygen atoms in total. The zero-order chi connectivity index (χ0) is 29.3. The number of nitrogens with one attached hydrogen (secondary N) is 2. The molecule has 2 N–H and O–H groups in total. The fourth-order valence-corrected chi connectivity index (χ4v) is 5.27. The minimum Gasteiger partial charge on any atom is -0.342 e. The summed E-state index contributed by atoms with van der Waals surface area (Å²) in [6, 6.07) is 7.83. The van der Waals surface area contributed by atoms with Crippen molar-refractivity contribution in [1.82, 2.24) is 15.5 Å². The lowest BCUT2D eigenvalue weighted by Gasteiger charge is -2.39. The maximum absolute atomic E-state index is 13.9. The van der Waals surface area contributed by atoms with Gasteiger partial charge in [0.25, 0.3) is 0 Å². The highest BCUT2D eigenvalue weighted by atomic mass is 31.2. The number of benzene rings is 1.